The summed E-state index contributed by atoms with van der Waals surface area (Å²) in [7, 11) is 1.79. The van der Waals surface area contributed by atoms with Crippen LogP contribution in [0, 0.1) is 11.8 Å². The molecule has 0 unspecified atom stereocenters. The fourth-order valence-corrected chi connectivity index (χ4v) is 1.02. The number of nitrogens with zero attached hydrogens (tertiary/aromatic N) is 1. The maximum atomic E-state index is 12.3. The molecular formula is C11H11F3N2. The van der Waals surface area contributed by atoms with E-state index in [0.717, 1.165) is 12.3 Å². The monoisotopic (exact) mass is 228 g/mol. The van der Waals surface area contributed by atoms with Crippen LogP contribution in [0.5, 0.6) is 0 Å². The highest BCUT2D eigenvalue weighted by atomic mass is 19.4. The van der Waals surface area contributed by atoms with Gasteiger partial charge in [-0.05, 0) is 13.1 Å². The van der Waals surface area contributed by atoms with Gasteiger partial charge in [-0.25, -0.2) is 0 Å². The van der Waals surface area contributed by atoms with Gasteiger partial charge in [-0.3, -0.25) is 4.98 Å². The van der Waals surface area contributed by atoms with Crippen molar-refractivity contribution in [2.24, 2.45) is 0 Å². The number of hydrogen-bond donors (Lipinski definition) is 1. The van der Waals surface area contributed by atoms with Crippen LogP contribution in [-0.4, -0.2) is 18.6 Å². The summed E-state index contributed by atoms with van der Waals surface area (Å²) in [6, 6.07) is 0.999. The first kappa shape index (κ1) is 12.5. The second-order valence-corrected chi connectivity index (χ2v) is 3.12. The molecule has 1 N–H and O–H groups in total. The van der Waals surface area contributed by atoms with Gasteiger partial charge in [0.25, 0.3) is 0 Å². The molecule has 0 aliphatic carbocycles. The van der Waals surface area contributed by atoms with Crippen molar-refractivity contribution >= 4 is 0 Å². The average Bonchev–Trinajstić information content (AvgIpc) is 2.24. The van der Waals surface area contributed by atoms with Crippen LogP contribution < -0.4 is 5.32 Å². The minimum absolute atomic E-state index is 0.283. The van der Waals surface area contributed by atoms with Crippen LogP contribution >= 0.6 is 0 Å². The molecule has 86 valence electrons. The standard InChI is InChI=1S/C11H11F3N2/c1-15-5-3-2-4-9-6-10(8-16-7-9)11(12,13)14/h6-8,15H,3,5H2,1H3. The number of rotatable bonds is 2. The Morgan fingerprint density at radius 2 is 2.12 bits per heavy atom. The predicted octanol–water partition coefficient (Wildman–Crippen LogP) is 2.06. The minimum atomic E-state index is -4.37. The van der Waals surface area contributed by atoms with Crippen LogP contribution in [0.25, 0.3) is 0 Å². The Morgan fingerprint density at radius 3 is 2.75 bits per heavy atom. The number of pyridine rings is 1. The Kier molecular flexibility index (Phi) is 4.32. The summed E-state index contributed by atoms with van der Waals surface area (Å²) < 4.78 is 36.9. The molecule has 0 atom stereocenters. The van der Waals surface area contributed by atoms with Crippen molar-refractivity contribution in [3.05, 3.63) is 29.6 Å². The molecule has 0 radical (unpaired) electrons. The van der Waals surface area contributed by atoms with Crippen LogP contribution in [0.3, 0.4) is 0 Å². The largest absolute Gasteiger partial charge is 0.417 e. The second-order valence-electron chi connectivity index (χ2n) is 3.12. The van der Waals surface area contributed by atoms with Crippen LogP contribution in [0.15, 0.2) is 18.5 Å². The third kappa shape index (κ3) is 3.91. The van der Waals surface area contributed by atoms with E-state index in [0.29, 0.717) is 13.0 Å². The van der Waals surface area contributed by atoms with Gasteiger partial charge in [0.05, 0.1) is 5.56 Å². The smallest absolute Gasteiger partial charge is 0.319 e. The fourth-order valence-electron chi connectivity index (χ4n) is 1.02. The third-order valence-electron chi connectivity index (χ3n) is 1.80. The highest BCUT2D eigenvalue weighted by Crippen LogP contribution is 2.28. The van der Waals surface area contributed by atoms with E-state index in [1.807, 2.05) is 0 Å². The lowest BCUT2D eigenvalue weighted by Crippen LogP contribution is -2.06. The molecule has 0 spiro atoms. The van der Waals surface area contributed by atoms with Gasteiger partial charge in [-0.15, -0.1) is 0 Å². The Labute approximate surface area is 91.9 Å². The van der Waals surface area contributed by atoms with Gasteiger partial charge >= 0.3 is 6.18 Å². The fraction of sp³-hybridized carbons (Fsp3) is 0.364. The molecule has 0 bridgehead atoms. The lowest BCUT2D eigenvalue weighted by Gasteiger charge is -2.05. The van der Waals surface area contributed by atoms with Crippen molar-refractivity contribution in [1.82, 2.24) is 10.3 Å². The van der Waals surface area contributed by atoms with Crippen LogP contribution in [0.2, 0.25) is 0 Å². The summed E-state index contributed by atoms with van der Waals surface area (Å²) in [4.78, 5) is 3.51. The summed E-state index contributed by atoms with van der Waals surface area (Å²) in [6.07, 6.45) is -1.66. The Bertz CT molecular complexity index is 402. The highest BCUT2D eigenvalue weighted by molar-refractivity contribution is 5.35. The molecule has 0 aromatic carbocycles. The highest BCUT2D eigenvalue weighted by Gasteiger charge is 2.30. The van der Waals surface area contributed by atoms with Gasteiger partial charge in [0.15, 0.2) is 0 Å². The van der Waals surface area contributed by atoms with Crippen molar-refractivity contribution in [3.8, 4) is 11.8 Å². The number of aromatic nitrogens is 1. The zero-order valence-electron chi connectivity index (χ0n) is 8.73. The summed E-state index contributed by atoms with van der Waals surface area (Å²) in [5.74, 6) is 5.40. The molecule has 0 aliphatic rings. The zero-order valence-corrected chi connectivity index (χ0v) is 8.73. The normalized spacial score (nSPS) is 10.8. The molecule has 0 fully saturated rings. The van der Waals surface area contributed by atoms with Crippen molar-refractivity contribution in [2.75, 3.05) is 13.6 Å². The zero-order chi connectivity index (χ0) is 12.0. The molecule has 16 heavy (non-hydrogen) atoms. The van der Waals surface area contributed by atoms with E-state index in [9.17, 15) is 13.2 Å². The van der Waals surface area contributed by atoms with Crippen LogP contribution in [0.4, 0.5) is 13.2 Å². The van der Waals surface area contributed by atoms with Gasteiger partial charge in [-0.2, -0.15) is 13.2 Å². The quantitative estimate of drug-likeness (QED) is 0.619. The van der Waals surface area contributed by atoms with E-state index in [1.165, 1.54) is 6.20 Å². The molecule has 0 saturated heterocycles. The lowest BCUT2D eigenvalue weighted by molar-refractivity contribution is -0.137. The van der Waals surface area contributed by atoms with E-state index in [2.05, 4.69) is 22.1 Å². The molecule has 0 amide bonds. The predicted molar refractivity (Wildman–Crippen MR) is 54.7 cm³/mol. The SMILES string of the molecule is CNCCC#Cc1cncc(C(F)(F)F)c1. The summed E-state index contributed by atoms with van der Waals surface area (Å²) >= 11 is 0. The molecule has 1 aromatic rings. The van der Waals surface area contributed by atoms with E-state index in [1.54, 1.807) is 7.05 Å². The Balaban J connectivity index is 2.78. The Morgan fingerprint density at radius 1 is 1.38 bits per heavy atom. The first-order valence-corrected chi connectivity index (χ1v) is 4.70. The summed E-state index contributed by atoms with van der Waals surface area (Å²) in [5.41, 5.74) is -0.487. The van der Waals surface area contributed by atoms with E-state index in [-0.39, 0.29) is 5.56 Å². The molecule has 5 heteroatoms. The molecule has 1 rings (SSSR count). The molecule has 2 nitrogen and oxygen atoms in total. The van der Waals surface area contributed by atoms with Gasteiger partial charge in [0, 0.05) is 30.9 Å². The molecule has 1 heterocycles. The number of nitrogens with one attached hydrogen (secondary N) is 1. The topological polar surface area (TPSA) is 24.9 Å². The van der Waals surface area contributed by atoms with Gasteiger partial charge in [0.2, 0.25) is 0 Å². The summed E-state index contributed by atoms with van der Waals surface area (Å²) in [5, 5.41) is 2.89. The third-order valence-corrected chi connectivity index (χ3v) is 1.80. The molecule has 0 aliphatic heterocycles. The van der Waals surface area contributed by atoms with Crippen molar-refractivity contribution in [3.63, 3.8) is 0 Å². The van der Waals surface area contributed by atoms with E-state index in [4.69, 9.17) is 0 Å². The molecule has 0 saturated carbocycles. The first-order valence-electron chi connectivity index (χ1n) is 4.70. The van der Waals surface area contributed by atoms with Crippen LogP contribution in [-0.2, 0) is 6.18 Å². The average molecular weight is 228 g/mol. The van der Waals surface area contributed by atoms with Crippen molar-refractivity contribution in [1.29, 1.82) is 0 Å². The maximum absolute atomic E-state index is 12.3. The maximum Gasteiger partial charge on any atom is 0.417 e. The lowest BCUT2D eigenvalue weighted by atomic mass is 10.2. The van der Waals surface area contributed by atoms with E-state index < -0.39 is 11.7 Å². The Hall–Kier alpha value is -1.54. The number of alkyl halides is 3. The van der Waals surface area contributed by atoms with Crippen molar-refractivity contribution in [2.45, 2.75) is 12.6 Å². The number of halogens is 3. The molecule has 1 aromatic heterocycles. The van der Waals surface area contributed by atoms with Crippen molar-refractivity contribution < 1.29 is 13.2 Å². The van der Waals surface area contributed by atoms with E-state index >= 15 is 0 Å². The minimum Gasteiger partial charge on any atom is -0.319 e. The second kappa shape index (κ2) is 5.52. The first-order chi connectivity index (χ1) is 7.54. The van der Waals surface area contributed by atoms with Crippen LogP contribution in [0.1, 0.15) is 17.5 Å². The summed E-state index contributed by atoms with van der Waals surface area (Å²) in [6.45, 7) is 0.708. The van der Waals surface area contributed by atoms with Gasteiger partial charge < -0.3 is 5.32 Å². The van der Waals surface area contributed by atoms with Gasteiger partial charge in [-0.1, -0.05) is 11.8 Å². The molecular weight excluding hydrogens is 217 g/mol. The number of hydrogen-bond acceptors (Lipinski definition) is 2. The van der Waals surface area contributed by atoms with Gasteiger partial charge in [0.1, 0.15) is 0 Å².